The minimum absolute atomic E-state index is 0.00228. The molecule has 2 aliphatic rings. The lowest BCUT2D eigenvalue weighted by Gasteiger charge is -2.31. The first kappa shape index (κ1) is 20.9. The number of methoxy groups -OCH3 is 1. The van der Waals surface area contributed by atoms with Crippen LogP contribution >= 0.6 is 0 Å². The van der Waals surface area contributed by atoms with Gasteiger partial charge >= 0.3 is 5.97 Å². The molecular weight excluding hydrogens is 400 g/mol. The predicted molar refractivity (Wildman–Crippen MR) is 113 cm³/mol. The van der Waals surface area contributed by atoms with Crippen molar-refractivity contribution < 1.29 is 33.2 Å². The SMILES string of the molecule is COC(=O)C1=C(OC(C)C)c2cc(OC(C)C)ccc2OC1c1ccc2c(c1)OCO2. The topological polar surface area (TPSA) is 72.5 Å². The molecule has 2 heterocycles. The number of hydrogen-bond acceptors (Lipinski definition) is 7. The summed E-state index contributed by atoms with van der Waals surface area (Å²) in [5.74, 6) is 2.38. The van der Waals surface area contributed by atoms with Gasteiger partial charge in [-0.3, -0.25) is 0 Å². The van der Waals surface area contributed by atoms with Gasteiger partial charge in [-0.2, -0.15) is 0 Å². The van der Waals surface area contributed by atoms with Crippen LogP contribution in [0.4, 0.5) is 0 Å². The van der Waals surface area contributed by atoms with Gasteiger partial charge in [-0.05, 0) is 58.0 Å². The molecule has 0 saturated heterocycles. The molecule has 1 unspecified atom stereocenters. The summed E-state index contributed by atoms with van der Waals surface area (Å²) in [5.41, 5.74) is 1.65. The lowest BCUT2D eigenvalue weighted by molar-refractivity contribution is -0.137. The van der Waals surface area contributed by atoms with Gasteiger partial charge in [0.1, 0.15) is 22.8 Å². The largest absolute Gasteiger partial charge is 0.491 e. The van der Waals surface area contributed by atoms with Gasteiger partial charge in [-0.25, -0.2) is 4.79 Å². The lowest BCUT2D eigenvalue weighted by Crippen LogP contribution is -2.25. The van der Waals surface area contributed by atoms with Crippen molar-refractivity contribution in [1.82, 2.24) is 0 Å². The molecular formula is C24H26O7. The van der Waals surface area contributed by atoms with E-state index in [1.165, 1.54) is 7.11 Å². The van der Waals surface area contributed by atoms with Gasteiger partial charge in [-0.1, -0.05) is 6.07 Å². The van der Waals surface area contributed by atoms with E-state index in [0.717, 1.165) is 5.56 Å². The molecule has 0 fully saturated rings. The number of fused-ring (bicyclic) bond motifs is 2. The molecule has 2 aromatic carbocycles. The van der Waals surface area contributed by atoms with Gasteiger partial charge in [0.15, 0.2) is 17.6 Å². The third kappa shape index (κ3) is 4.13. The number of benzene rings is 2. The first-order valence-electron chi connectivity index (χ1n) is 10.2. The van der Waals surface area contributed by atoms with Crippen molar-refractivity contribution in [2.45, 2.75) is 46.0 Å². The van der Waals surface area contributed by atoms with Gasteiger partial charge in [0.2, 0.25) is 6.79 Å². The molecule has 4 rings (SSSR count). The van der Waals surface area contributed by atoms with E-state index in [2.05, 4.69) is 0 Å². The van der Waals surface area contributed by atoms with Gasteiger partial charge in [0, 0.05) is 5.56 Å². The molecule has 0 amide bonds. The van der Waals surface area contributed by atoms with Crippen LogP contribution in [0.5, 0.6) is 23.0 Å². The molecule has 0 radical (unpaired) electrons. The van der Waals surface area contributed by atoms with Crippen LogP contribution < -0.4 is 18.9 Å². The number of ether oxygens (including phenoxy) is 6. The van der Waals surface area contributed by atoms with Crippen LogP contribution in [0.3, 0.4) is 0 Å². The Morgan fingerprint density at radius 2 is 1.65 bits per heavy atom. The van der Waals surface area contributed by atoms with Crippen molar-refractivity contribution in [2.24, 2.45) is 0 Å². The third-order valence-corrected chi connectivity index (χ3v) is 4.78. The van der Waals surface area contributed by atoms with Crippen molar-refractivity contribution in [2.75, 3.05) is 13.9 Å². The third-order valence-electron chi connectivity index (χ3n) is 4.78. The highest BCUT2D eigenvalue weighted by Gasteiger charge is 2.37. The van der Waals surface area contributed by atoms with Gasteiger partial charge in [0.05, 0.1) is 24.9 Å². The monoisotopic (exact) mass is 426 g/mol. The van der Waals surface area contributed by atoms with Crippen LogP contribution in [0.15, 0.2) is 42.0 Å². The number of carbonyl (C=O) groups is 1. The summed E-state index contributed by atoms with van der Waals surface area (Å²) in [6.07, 6.45) is -0.907. The quantitative estimate of drug-likeness (QED) is 0.623. The molecule has 2 aliphatic heterocycles. The summed E-state index contributed by atoms with van der Waals surface area (Å²) in [4.78, 5) is 12.9. The normalized spacial score (nSPS) is 16.8. The summed E-state index contributed by atoms with van der Waals surface area (Å²) >= 11 is 0. The highest BCUT2D eigenvalue weighted by Crippen LogP contribution is 2.46. The van der Waals surface area contributed by atoms with Gasteiger partial charge in [0.25, 0.3) is 0 Å². The van der Waals surface area contributed by atoms with Crippen LogP contribution in [0.2, 0.25) is 0 Å². The van der Waals surface area contributed by atoms with Crippen LogP contribution in [0.1, 0.15) is 44.9 Å². The van der Waals surface area contributed by atoms with E-state index < -0.39 is 12.1 Å². The summed E-state index contributed by atoms with van der Waals surface area (Å²) in [6, 6.07) is 10.9. The summed E-state index contributed by atoms with van der Waals surface area (Å²) in [6.45, 7) is 7.87. The minimum Gasteiger partial charge on any atom is -0.491 e. The van der Waals surface area contributed by atoms with Crippen LogP contribution in [-0.4, -0.2) is 32.1 Å². The fraction of sp³-hybridized carbons (Fsp3) is 0.375. The van der Waals surface area contributed by atoms with Crippen molar-refractivity contribution in [3.05, 3.63) is 53.1 Å². The molecule has 0 spiro atoms. The molecule has 1 atom stereocenters. The van der Waals surface area contributed by atoms with Crippen molar-refractivity contribution >= 4 is 11.7 Å². The van der Waals surface area contributed by atoms with E-state index in [0.29, 0.717) is 34.3 Å². The Morgan fingerprint density at radius 3 is 2.35 bits per heavy atom. The van der Waals surface area contributed by atoms with E-state index in [1.54, 1.807) is 6.07 Å². The van der Waals surface area contributed by atoms with Crippen LogP contribution in [0.25, 0.3) is 5.76 Å². The Morgan fingerprint density at radius 1 is 0.935 bits per heavy atom. The zero-order valence-electron chi connectivity index (χ0n) is 18.3. The average molecular weight is 426 g/mol. The smallest absolute Gasteiger partial charge is 0.341 e. The molecule has 7 nitrogen and oxygen atoms in total. The summed E-state index contributed by atoms with van der Waals surface area (Å²) in [5, 5.41) is 0. The zero-order chi connectivity index (χ0) is 22.1. The van der Waals surface area contributed by atoms with Gasteiger partial charge in [-0.15, -0.1) is 0 Å². The molecule has 0 N–H and O–H groups in total. The molecule has 164 valence electrons. The summed E-state index contributed by atoms with van der Waals surface area (Å²) in [7, 11) is 1.34. The maximum absolute atomic E-state index is 12.9. The Bertz CT molecular complexity index is 1020. The number of hydrogen-bond donors (Lipinski definition) is 0. The standard InChI is InChI=1S/C24H26O7/c1-13(2)29-16-7-9-18-17(11-16)23(30-14(3)4)21(24(25)26-5)22(31-18)15-6-8-19-20(10-15)28-12-27-19/h6-11,13-14,22H,12H2,1-5H3. The zero-order valence-corrected chi connectivity index (χ0v) is 18.3. The highest BCUT2D eigenvalue weighted by molar-refractivity contribution is 5.99. The molecule has 0 bridgehead atoms. The van der Waals surface area contributed by atoms with Crippen LogP contribution in [-0.2, 0) is 14.3 Å². The molecule has 2 aromatic rings. The van der Waals surface area contributed by atoms with E-state index in [-0.39, 0.29) is 24.6 Å². The fourth-order valence-electron chi connectivity index (χ4n) is 3.57. The minimum atomic E-state index is -0.736. The van der Waals surface area contributed by atoms with E-state index in [9.17, 15) is 4.79 Å². The number of carbonyl (C=O) groups excluding carboxylic acids is 1. The molecule has 0 aromatic heterocycles. The number of rotatable bonds is 6. The van der Waals surface area contributed by atoms with E-state index in [4.69, 9.17) is 28.4 Å². The van der Waals surface area contributed by atoms with Crippen molar-refractivity contribution in [3.63, 3.8) is 0 Å². The second-order valence-corrected chi connectivity index (χ2v) is 7.84. The maximum atomic E-state index is 12.9. The Kier molecular flexibility index (Phi) is 5.67. The summed E-state index contributed by atoms with van der Waals surface area (Å²) < 4.78 is 34.3. The lowest BCUT2D eigenvalue weighted by atomic mass is 9.94. The Labute approximate surface area is 181 Å². The van der Waals surface area contributed by atoms with Crippen molar-refractivity contribution in [3.8, 4) is 23.0 Å². The predicted octanol–water partition coefficient (Wildman–Crippen LogP) is 4.65. The fourth-order valence-corrected chi connectivity index (χ4v) is 3.57. The van der Waals surface area contributed by atoms with Gasteiger partial charge < -0.3 is 28.4 Å². The molecule has 31 heavy (non-hydrogen) atoms. The first-order valence-corrected chi connectivity index (χ1v) is 10.2. The maximum Gasteiger partial charge on any atom is 0.341 e. The Hall–Kier alpha value is -3.35. The molecule has 7 heteroatoms. The highest BCUT2D eigenvalue weighted by atomic mass is 16.7. The first-order chi connectivity index (χ1) is 14.9. The number of esters is 1. The second-order valence-electron chi connectivity index (χ2n) is 7.84. The average Bonchev–Trinajstić information content (AvgIpc) is 3.20. The van der Waals surface area contributed by atoms with Crippen LogP contribution in [0, 0.1) is 0 Å². The Balaban J connectivity index is 1.87. The second kappa shape index (κ2) is 8.41. The molecule has 0 saturated carbocycles. The van der Waals surface area contributed by atoms with E-state index in [1.807, 2.05) is 58.0 Å². The van der Waals surface area contributed by atoms with Crippen molar-refractivity contribution in [1.29, 1.82) is 0 Å². The molecule has 0 aliphatic carbocycles. The van der Waals surface area contributed by atoms with E-state index >= 15 is 0 Å².